The first-order chi connectivity index (χ1) is 19.6. The number of rotatable bonds is 8. The molecule has 0 aliphatic rings. The molecule has 0 aliphatic heterocycles. The number of aromatic nitrogens is 3. The Morgan fingerprint density at radius 1 is 1.15 bits per heavy atom. The maximum Gasteiger partial charge on any atom is 0.338 e. The molecule has 3 aromatic heterocycles. The minimum atomic E-state index is -3.19. The van der Waals surface area contributed by atoms with E-state index in [2.05, 4.69) is 9.97 Å². The van der Waals surface area contributed by atoms with Crippen molar-refractivity contribution in [3.63, 3.8) is 0 Å². The zero-order valence-electron chi connectivity index (χ0n) is 20.4. The van der Waals surface area contributed by atoms with Gasteiger partial charge < -0.3 is 9.84 Å². The Balaban J connectivity index is 1.54. The summed E-state index contributed by atoms with van der Waals surface area (Å²) >= 11 is 7.38. The molecule has 3 heterocycles. The highest BCUT2D eigenvalue weighted by molar-refractivity contribution is 7.18. The second kappa shape index (κ2) is 11.1. The number of nitriles is 1. The van der Waals surface area contributed by atoms with E-state index in [0.717, 1.165) is 23.5 Å². The van der Waals surface area contributed by atoms with Crippen molar-refractivity contribution < 1.29 is 32.2 Å². The Morgan fingerprint density at radius 3 is 2.61 bits per heavy atom. The van der Waals surface area contributed by atoms with Gasteiger partial charge in [0.25, 0.3) is 18.4 Å². The molecular formula is C27H15ClF4N4O4S. The van der Waals surface area contributed by atoms with Gasteiger partial charge in [-0.3, -0.25) is 14.3 Å². The van der Waals surface area contributed by atoms with Gasteiger partial charge in [0.15, 0.2) is 5.82 Å². The van der Waals surface area contributed by atoms with E-state index >= 15 is 0 Å². The van der Waals surface area contributed by atoms with Gasteiger partial charge in [-0.1, -0.05) is 11.6 Å². The first-order valence-corrected chi connectivity index (χ1v) is 12.9. The molecular weight excluding hydrogens is 588 g/mol. The van der Waals surface area contributed by atoms with Crippen molar-refractivity contribution in [3.05, 3.63) is 85.9 Å². The largest absolute Gasteiger partial charge is 0.491 e. The molecule has 5 aromatic rings. The van der Waals surface area contributed by atoms with Crippen molar-refractivity contribution in [2.24, 2.45) is 0 Å². The van der Waals surface area contributed by atoms with Crippen molar-refractivity contribution in [3.8, 4) is 22.9 Å². The van der Waals surface area contributed by atoms with Crippen LogP contribution in [0, 0.1) is 11.3 Å². The minimum Gasteiger partial charge on any atom is -0.491 e. The maximum absolute atomic E-state index is 13.9. The van der Waals surface area contributed by atoms with E-state index in [1.807, 2.05) is 0 Å². The lowest BCUT2D eigenvalue weighted by atomic mass is 10.0. The number of ether oxygens (including phenoxy) is 1. The van der Waals surface area contributed by atoms with Crippen LogP contribution in [0.5, 0.6) is 5.75 Å². The molecule has 14 heteroatoms. The molecule has 0 bridgehead atoms. The van der Waals surface area contributed by atoms with Gasteiger partial charge in [0.2, 0.25) is 0 Å². The van der Waals surface area contributed by atoms with Crippen LogP contribution in [0.4, 0.5) is 17.6 Å². The van der Waals surface area contributed by atoms with Crippen LogP contribution >= 0.6 is 22.9 Å². The molecule has 5 rings (SSSR count). The van der Waals surface area contributed by atoms with Gasteiger partial charge in [0.05, 0.1) is 38.8 Å². The van der Waals surface area contributed by atoms with Crippen LogP contribution in [-0.4, -0.2) is 32.2 Å². The lowest BCUT2D eigenvalue weighted by Crippen LogP contribution is -2.29. The van der Waals surface area contributed by atoms with Crippen LogP contribution < -0.4 is 10.3 Å². The summed E-state index contributed by atoms with van der Waals surface area (Å²) in [6, 6.07) is 9.71. The number of carboxylic acids is 1. The lowest BCUT2D eigenvalue weighted by Gasteiger charge is -2.16. The number of alkyl halides is 4. The Bertz CT molecular complexity index is 1940. The van der Waals surface area contributed by atoms with Crippen molar-refractivity contribution in [1.29, 1.82) is 5.26 Å². The minimum absolute atomic E-state index is 0.0193. The van der Waals surface area contributed by atoms with Gasteiger partial charge in [0, 0.05) is 33.3 Å². The summed E-state index contributed by atoms with van der Waals surface area (Å²) in [6.07, 6.45) is -4.83. The van der Waals surface area contributed by atoms with Crippen LogP contribution in [0.2, 0.25) is 5.02 Å². The van der Waals surface area contributed by atoms with Crippen LogP contribution in [-0.2, 0) is 6.54 Å². The van der Waals surface area contributed by atoms with E-state index in [4.69, 9.17) is 16.3 Å². The van der Waals surface area contributed by atoms with E-state index < -0.39 is 53.3 Å². The molecule has 0 saturated heterocycles. The van der Waals surface area contributed by atoms with E-state index in [9.17, 15) is 37.5 Å². The second-order valence-corrected chi connectivity index (χ2v) is 9.86. The zero-order valence-corrected chi connectivity index (χ0v) is 22.0. The number of aromatic carboxylic acids is 1. The number of nitrogens with zero attached hydrogens (tertiary/aromatic N) is 4. The third kappa shape index (κ3) is 5.07. The topological polar surface area (TPSA) is 118 Å². The smallest absolute Gasteiger partial charge is 0.338 e. The highest BCUT2D eigenvalue weighted by atomic mass is 35.5. The van der Waals surface area contributed by atoms with E-state index in [-0.39, 0.29) is 29.0 Å². The average molecular weight is 603 g/mol. The highest BCUT2D eigenvalue weighted by Crippen LogP contribution is 2.39. The van der Waals surface area contributed by atoms with E-state index in [0.29, 0.717) is 25.4 Å². The zero-order chi connectivity index (χ0) is 29.4. The predicted molar refractivity (Wildman–Crippen MR) is 143 cm³/mol. The summed E-state index contributed by atoms with van der Waals surface area (Å²) in [5.74, 6) is -1.81. The molecule has 0 fully saturated rings. The fourth-order valence-corrected chi connectivity index (χ4v) is 5.61. The molecule has 0 atom stereocenters. The second-order valence-electron chi connectivity index (χ2n) is 8.54. The van der Waals surface area contributed by atoms with Gasteiger partial charge in [-0.15, -0.1) is 11.3 Å². The number of carbonyl (C=O) groups is 1. The molecule has 2 aromatic carbocycles. The molecule has 41 heavy (non-hydrogen) atoms. The van der Waals surface area contributed by atoms with Crippen molar-refractivity contribution >= 4 is 50.0 Å². The summed E-state index contributed by atoms with van der Waals surface area (Å²) in [7, 11) is 0. The molecule has 0 radical (unpaired) electrons. The summed E-state index contributed by atoms with van der Waals surface area (Å²) in [6.45, 7) is -0.794. The van der Waals surface area contributed by atoms with Gasteiger partial charge in [-0.25, -0.2) is 27.3 Å². The SMILES string of the molecule is N#Cc1c(C(F)F)ccc2nc(C(F)F)n(CCOc3ccc(Cl)cc3-c3ccnc4c(C(=O)O)csc34)c(=O)c12. The van der Waals surface area contributed by atoms with Gasteiger partial charge in [-0.2, -0.15) is 5.26 Å². The summed E-state index contributed by atoms with van der Waals surface area (Å²) in [5.41, 5.74) is -1.44. The number of carboxylic acid groups (broad SMARTS) is 1. The van der Waals surface area contributed by atoms with Gasteiger partial charge >= 0.3 is 5.97 Å². The van der Waals surface area contributed by atoms with E-state index in [1.165, 1.54) is 23.7 Å². The number of thiophene rings is 1. The third-order valence-corrected chi connectivity index (χ3v) is 7.45. The Morgan fingerprint density at radius 2 is 1.93 bits per heavy atom. The highest BCUT2D eigenvalue weighted by Gasteiger charge is 2.24. The Hall–Kier alpha value is -4.54. The van der Waals surface area contributed by atoms with Crippen LogP contribution in [0.15, 0.2) is 52.8 Å². The Kier molecular flexibility index (Phi) is 7.61. The Labute approximate surface area is 236 Å². The van der Waals surface area contributed by atoms with Crippen LogP contribution in [0.25, 0.3) is 32.2 Å². The molecule has 0 unspecified atom stereocenters. The van der Waals surface area contributed by atoms with Crippen molar-refractivity contribution in [2.75, 3.05) is 6.61 Å². The molecule has 0 saturated carbocycles. The molecule has 0 amide bonds. The molecule has 208 valence electrons. The maximum atomic E-state index is 13.9. The predicted octanol–water partition coefficient (Wildman–Crippen LogP) is 6.85. The summed E-state index contributed by atoms with van der Waals surface area (Å²) < 4.78 is 61.7. The number of hydrogen-bond donors (Lipinski definition) is 1. The van der Waals surface area contributed by atoms with Gasteiger partial charge in [-0.05, 0) is 36.4 Å². The number of pyridine rings is 1. The number of hydrogen-bond acceptors (Lipinski definition) is 7. The molecule has 1 N–H and O–H groups in total. The number of fused-ring (bicyclic) bond motifs is 2. The van der Waals surface area contributed by atoms with Gasteiger partial charge in [0.1, 0.15) is 18.4 Å². The monoisotopic (exact) mass is 602 g/mol. The van der Waals surface area contributed by atoms with Crippen molar-refractivity contribution in [1.82, 2.24) is 14.5 Å². The first-order valence-electron chi connectivity index (χ1n) is 11.7. The first kappa shape index (κ1) is 28.0. The van der Waals surface area contributed by atoms with Crippen molar-refractivity contribution in [2.45, 2.75) is 19.4 Å². The normalized spacial score (nSPS) is 11.5. The molecule has 8 nitrogen and oxygen atoms in total. The number of halogens is 5. The lowest BCUT2D eigenvalue weighted by molar-refractivity contribution is 0.0699. The molecule has 0 spiro atoms. The fraction of sp³-hybridized carbons (Fsp3) is 0.148. The summed E-state index contributed by atoms with van der Waals surface area (Å²) in [4.78, 5) is 32.8. The standard InChI is InChI=1S/C27H15ClF4N4O4S/c28-12-1-4-19(15(9-12)13-5-6-34-21-17(27(38)39)11-41-22(13)21)40-8-7-36-25(24(31)32)35-18-3-2-14(23(29)30)16(10-33)20(18)26(36)37/h1-6,9,11,23-24H,7-8H2,(H,38,39). The fourth-order valence-electron chi connectivity index (χ4n) is 4.41. The average Bonchev–Trinajstić information content (AvgIpc) is 3.38. The molecule has 0 aliphatic carbocycles. The summed E-state index contributed by atoms with van der Waals surface area (Å²) in [5, 5.41) is 20.2. The third-order valence-electron chi connectivity index (χ3n) is 6.22. The van der Waals surface area contributed by atoms with Crippen LogP contribution in [0.3, 0.4) is 0 Å². The van der Waals surface area contributed by atoms with E-state index in [1.54, 1.807) is 18.2 Å². The number of benzene rings is 2. The quantitative estimate of drug-likeness (QED) is 0.193. The van der Waals surface area contributed by atoms with Crippen LogP contribution in [0.1, 0.15) is 40.2 Å².